The van der Waals surface area contributed by atoms with E-state index >= 15 is 0 Å². The van der Waals surface area contributed by atoms with Crippen LogP contribution in [0.25, 0.3) is 0 Å². The summed E-state index contributed by atoms with van der Waals surface area (Å²) in [7, 11) is 0. The second kappa shape index (κ2) is 4.58. The molecule has 4 fully saturated rings. The fraction of sp³-hybridized carbons (Fsp3) is 0.895. The summed E-state index contributed by atoms with van der Waals surface area (Å²) in [6, 6.07) is 0. The highest BCUT2D eigenvalue weighted by atomic mass is 16.7. The zero-order chi connectivity index (χ0) is 14.0. The molecular formula is C19H28O2. The maximum absolute atomic E-state index is 5.91. The molecule has 4 aliphatic carbocycles. The summed E-state index contributed by atoms with van der Waals surface area (Å²) in [5.74, 6) is 6.75. The van der Waals surface area contributed by atoms with Crippen molar-refractivity contribution < 1.29 is 9.47 Å². The monoisotopic (exact) mass is 288 g/mol. The molecule has 0 spiro atoms. The minimum absolute atomic E-state index is 0.284. The molecule has 2 nitrogen and oxygen atoms in total. The Labute approximate surface area is 128 Å². The molecule has 0 amide bonds. The highest BCUT2D eigenvalue weighted by molar-refractivity contribution is 5.20. The lowest BCUT2D eigenvalue weighted by Crippen LogP contribution is -2.39. The van der Waals surface area contributed by atoms with Gasteiger partial charge in [0.25, 0.3) is 0 Å². The fourth-order valence-electron chi connectivity index (χ4n) is 6.75. The predicted octanol–water partition coefficient (Wildman–Crippen LogP) is 4.01. The van der Waals surface area contributed by atoms with Gasteiger partial charge in [-0.15, -0.1) is 0 Å². The highest BCUT2D eigenvalue weighted by Gasteiger charge is 2.60. The zero-order valence-corrected chi connectivity index (χ0v) is 13.2. The summed E-state index contributed by atoms with van der Waals surface area (Å²) in [6.07, 6.45) is 13.1. The predicted molar refractivity (Wildman–Crippen MR) is 81.6 cm³/mol. The molecule has 116 valence electrons. The first-order valence-electron chi connectivity index (χ1n) is 9.20. The summed E-state index contributed by atoms with van der Waals surface area (Å²) in [5.41, 5.74) is 0. The van der Waals surface area contributed by atoms with Crippen LogP contribution in [-0.2, 0) is 9.47 Å². The van der Waals surface area contributed by atoms with E-state index in [1.54, 1.807) is 0 Å². The normalized spacial score (nSPS) is 52.5. The van der Waals surface area contributed by atoms with Gasteiger partial charge in [0.15, 0.2) is 5.79 Å². The smallest absolute Gasteiger partial charge is 0.165 e. The van der Waals surface area contributed by atoms with Crippen LogP contribution in [0.2, 0.25) is 0 Å². The van der Waals surface area contributed by atoms with Crippen LogP contribution in [0.4, 0.5) is 0 Å². The van der Waals surface area contributed by atoms with Crippen LogP contribution in [0, 0.1) is 41.4 Å². The molecule has 4 bridgehead atoms. The van der Waals surface area contributed by atoms with Crippen molar-refractivity contribution in [2.75, 3.05) is 13.2 Å². The number of allylic oxidation sites excluding steroid dienone is 2. The molecule has 0 radical (unpaired) electrons. The van der Waals surface area contributed by atoms with E-state index in [2.05, 4.69) is 19.1 Å². The number of rotatable bonds is 3. The van der Waals surface area contributed by atoms with Crippen molar-refractivity contribution in [2.45, 2.75) is 51.2 Å². The molecule has 5 aliphatic rings. The SMILES string of the molecule is CC1(CCC2CC3CC2C2C4C=CC(C4)C32)OCCCO1. The molecule has 7 atom stereocenters. The molecule has 0 N–H and O–H groups in total. The standard InChI is InChI=1S/C19H28O2/c1-19(20-7-2-8-21-19)6-5-12-9-15-11-16(12)18-14-4-3-13(10-14)17(15)18/h3-4,12-18H,2,5-11H2,1H3. The van der Waals surface area contributed by atoms with E-state index < -0.39 is 0 Å². The van der Waals surface area contributed by atoms with Gasteiger partial charge in [-0.25, -0.2) is 0 Å². The van der Waals surface area contributed by atoms with Crippen LogP contribution in [0.3, 0.4) is 0 Å². The van der Waals surface area contributed by atoms with Crippen LogP contribution < -0.4 is 0 Å². The lowest BCUT2D eigenvalue weighted by atomic mass is 9.68. The molecule has 5 rings (SSSR count). The van der Waals surface area contributed by atoms with Crippen molar-refractivity contribution in [3.05, 3.63) is 12.2 Å². The molecule has 0 aromatic heterocycles. The van der Waals surface area contributed by atoms with Gasteiger partial charge in [0.05, 0.1) is 13.2 Å². The van der Waals surface area contributed by atoms with Gasteiger partial charge in [-0.2, -0.15) is 0 Å². The molecular weight excluding hydrogens is 260 g/mol. The second-order valence-electron chi connectivity index (χ2n) is 8.48. The first kappa shape index (κ1) is 13.1. The Balaban J connectivity index is 1.25. The minimum atomic E-state index is -0.284. The van der Waals surface area contributed by atoms with Crippen LogP contribution in [0.5, 0.6) is 0 Å². The largest absolute Gasteiger partial charge is 0.350 e. The number of hydrogen-bond donors (Lipinski definition) is 0. The molecule has 1 saturated heterocycles. The third-order valence-corrected chi connectivity index (χ3v) is 7.48. The van der Waals surface area contributed by atoms with Gasteiger partial charge in [-0.05, 0) is 80.5 Å². The lowest BCUT2D eigenvalue weighted by molar-refractivity contribution is -0.260. The maximum atomic E-state index is 5.91. The summed E-state index contributed by atoms with van der Waals surface area (Å²) in [4.78, 5) is 0. The number of fused-ring (bicyclic) bond motifs is 9. The van der Waals surface area contributed by atoms with Gasteiger partial charge >= 0.3 is 0 Å². The van der Waals surface area contributed by atoms with Gasteiger partial charge in [-0.3, -0.25) is 0 Å². The van der Waals surface area contributed by atoms with Crippen molar-refractivity contribution in [1.82, 2.24) is 0 Å². The summed E-state index contributed by atoms with van der Waals surface area (Å²) < 4.78 is 11.8. The van der Waals surface area contributed by atoms with Crippen LogP contribution >= 0.6 is 0 Å². The van der Waals surface area contributed by atoms with Gasteiger partial charge in [0, 0.05) is 6.42 Å². The minimum Gasteiger partial charge on any atom is -0.350 e. The van der Waals surface area contributed by atoms with Crippen molar-refractivity contribution in [3.63, 3.8) is 0 Å². The average molecular weight is 288 g/mol. The molecule has 2 heteroatoms. The van der Waals surface area contributed by atoms with Gasteiger partial charge in [0.2, 0.25) is 0 Å². The van der Waals surface area contributed by atoms with E-state index in [9.17, 15) is 0 Å². The number of hydrogen-bond acceptors (Lipinski definition) is 2. The molecule has 3 saturated carbocycles. The second-order valence-corrected chi connectivity index (χ2v) is 8.48. The third-order valence-electron chi connectivity index (χ3n) is 7.48. The van der Waals surface area contributed by atoms with Crippen molar-refractivity contribution in [3.8, 4) is 0 Å². The van der Waals surface area contributed by atoms with E-state index in [-0.39, 0.29) is 5.79 Å². The third kappa shape index (κ3) is 1.91. The van der Waals surface area contributed by atoms with Crippen molar-refractivity contribution >= 4 is 0 Å². The van der Waals surface area contributed by atoms with E-state index in [4.69, 9.17) is 9.47 Å². The summed E-state index contributed by atoms with van der Waals surface area (Å²) >= 11 is 0. The quantitative estimate of drug-likeness (QED) is 0.577. The van der Waals surface area contributed by atoms with Crippen molar-refractivity contribution in [1.29, 1.82) is 0 Å². The van der Waals surface area contributed by atoms with E-state index in [0.29, 0.717) is 0 Å². The first-order chi connectivity index (χ1) is 10.2. The highest BCUT2D eigenvalue weighted by Crippen LogP contribution is 2.67. The Morgan fingerprint density at radius 3 is 2.57 bits per heavy atom. The molecule has 0 aromatic rings. The van der Waals surface area contributed by atoms with Crippen LogP contribution in [-0.4, -0.2) is 19.0 Å². The Morgan fingerprint density at radius 2 is 1.76 bits per heavy atom. The molecule has 1 heterocycles. The van der Waals surface area contributed by atoms with E-state index in [1.807, 2.05) is 0 Å². The summed E-state index contributed by atoms with van der Waals surface area (Å²) in [5, 5.41) is 0. The van der Waals surface area contributed by atoms with Crippen molar-refractivity contribution in [2.24, 2.45) is 41.4 Å². The summed E-state index contributed by atoms with van der Waals surface area (Å²) in [6.45, 7) is 3.92. The Bertz CT molecular complexity index is 450. The van der Waals surface area contributed by atoms with Gasteiger partial charge in [0.1, 0.15) is 0 Å². The zero-order valence-electron chi connectivity index (χ0n) is 13.2. The Hall–Kier alpha value is -0.340. The van der Waals surface area contributed by atoms with Gasteiger partial charge in [-0.1, -0.05) is 12.2 Å². The molecule has 7 unspecified atom stereocenters. The molecule has 0 aromatic carbocycles. The molecule has 21 heavy (non-hydrogen) atoms. The number of ether oxygens (including phenoxy) is 2. The van der Waals surface area contributed by atoms with Crippen LogP contribution in [0.1, 0.15) is 45.4 Å². The topological polar surface area (TPSA) is 18.5 Å². The fourth-order valence-corrected chi connectivity index (χ4v) is 6.75. The lowest BCUT2D eigenvalue weighted by Gasteiger charge is -2.39. The Morgan fingerprint density at radius 1 is 1.00 bits per heavy atom. The van der Waals surface area contributed by atoms with E-state index in [1.165, 1.54) is 25.7 Å². The Kier molecular flexibility index (Phi) is 2.86. The van der Waals surface area contributed by atoms with E-state index in [0.717, 1.165) is 67.5 Å². The van der Waals surface area contributed by atoms with Crippen LogP contribution in [0.15, 0.2) is 12.2 Å². The first-order valence-corrected chi connectivity index (χ1v) is 9.20. The van der Waals surface area contributed by atoms with Gasteiger partial charge < -0.3 is 9.47 Å². The molecule has 1 aliphatic heterocycles. The average Bonchev–Trinajstić information content (AvgIpc) is 3.24. The maximum Gasteiger partial charge on any atom is 0.165 e.